The van der Waals surface area contributed by atoms with E-state index in [1.165, 1.54) is 0 Å². The Morgan fingerprint density at radius 1 is 1.29 bits per heavy atom. The summed E-state index contributed by atoms with van der Waals surface area (Å²) in [6.07, 6.45) is -4.77. The third-order valence-corrected chi connectivity index (χ3v) is 2.25. The third-order valence-electron chi connectivity index (χ3n) is 1.99. The van der Waals surface area contributed by atoms with E-state index in [1.807, 2.05) is 0 Å². The van der Waals surface area contributed by atoms with E-state index in [9.17, 15) is 17.6 Å². The average molecular weight is 264 g/mol. The molecule has 17 heavy (non-hydrogen) atoms. The lowest BCUT2D eigenvalue weighted by molar-refractivity contribution is -0.140. The highest BCUT2D eigenvalue weighted by Crippen LogP contribution is 2.32. The van der Waals surface area contributed by atoms with Crippen molar-refractivity contribution < 1.29 is 17.6 Å². The fourth-order valence-corrected chi connectivity index (χ4v) is 1.42. The first-order chi connectivity index (χ1) is 7.89. The molecule has 1 aromatic heterocycles. The Kier molecular flexibility index (Phi) is 2.69. The van der Waals surface area contributed by atoms with Gasteiger partial charge in [0.15, 0.2) is 0 Å². The summed E-state index contributed by atoms with van der Waals surface area (Å²) in [6, 6.07) is 2.48. The van der Waals surface area contributed by atoms with Crippen LogP contribution in [0.5, 0.6) is 0 Å². The van der Waals surface area contributed by atoms with Gasteiger partial charge < -0.3 is 0 Å². The number of rotatable bonds is 1. The fraction of sp³-hybridized carbons (Fsp3) is 0.125. The molecule has 2 rings (SSSR count). The summed E-state index contributed by atoms with van der Waals surface area (Å²) >= 11 is 4.72. The molecular formula is C8H4F4N4S. The quantitative estimate of drug-likeness (QED) is 0.635. The Morgan fingerprint density at radius 3 is 2.53 bits per heavy atom. The molecule has 0 unspecified atom stereocenters. The molecule has 0 saturated carbocycles. The molecule has 0 fully saturated rings. The molecule has 0 aliphatic heterocycles. The molecule has 1 aromatic carbocycles. The Hall–Kier alpha value is -1.77. The zero-order valence-electron chi connectivity index (χ0n) is 7.99. The lowest BCUT2D eigenvalue weighted by Gasteiger charge is -2.09. The van der Waals surface area contributed by atoms with Crippen LogP contribution in [0, 0.1) is 10.6 Å². The van der Waals surface area contributed by atoms with Gasteiger partial charge in [-0.3, -0.25) is 0 Å². The van der Waals surface area contributed by atoms with Crippen LogP contribution in [-0.4, -0.2) is 20.2 Å². The van der Waals surface area contributed by atoms with Crippen molar-refractivity contribution in [3.8, 4) is 5.69 Å². The summed E-state index contributed by atoms with van der Waals surface area (Å²) in [7, 11) is 0. The molecule has 0 aliphatic rings. The topological polar surface area (TPSA) is 46.5 Å². The summed E-state index contributed by atoms with van der Waals surface area (Å²) in [4.78, 5) is 0. The van der Waals surface area contributed by atoms with Gasteiger partial charge in [-0.25, -0.2) is 9.07 Å². The number of H-pyrrole nitrogens is 1. The Balaban J connectivity index is 2.60. The molecule has 0 radical (unpaired) electrons. The maximum atomic E-state index is 13.0. The van der Waals surface area contributed by atoms with Gasteiger partial charge in [-0.1, -0.05) is 10.3 Å². The summed E-state index contributed by atoms with van der Waals surface area (Å²) < 4.78 is 51.4. The second kappa shape index (κ2) is 3.91. The molecule has 9 heteroatoms. The zero-order chi connectivity index (χ0) is 12.6. The van der Waals surface area contributed by atoms with Crippen molar-refractivity contribution in [3.63, 3.8) is 0 Å². The summed E-state index contributed by atoms with van der Waals surface area (Å²) in [5.74, 6) is -1.35. The standard InChI is InChI=1S/C8H4F4N4S/c9-6-2-1-4(3-5(6)8(10,11)12)16-7(17)13-14-15-16/h1-3H,(H,13,15,17). The highest BCUT2D eigenvalue weighted by Gasteiger charge is 2.34. The van der Waals surface area contributed by atoms with E-state index < -0.39 is 17.6 Å². The van der Waals surface area contributed by atoms with Crippen LogP contribution >= 0.6 is 12.2 Å². The normalized spacial score (nSPS) is 11.8. The van der Waals surface area contributed by atoms with Crippen LogP contribution in [-0.2, 0) is 6.18 Å². The molecule has 1 heterocycles. The van der Waals surface area contributed by atoms with Crippen LogP contribution in [0.4, 0.5) is 17.6 Å². The molecule has 1 N–H and O–H groups in total. The van der Waals surface area contributed by atoms with Crippen molar-refractivity contribution in [2.24, 2.45) is 0 Å². The van der Waals surface area contributed by atoms with Crippen molar-refractivity contribution in [1.29, 1.82) is 0 Å². The number of hydrogen-bond donors (Lipinski definition) is 1. The second-order valence-electron chi connectivity index (χ2n) is 3.08. The Bertz CT molecular complexity index is 600. The van der Waals surface area contributed by atoms with E-state index in [0.29, 0.717) is 12.1 Å². The molecule has 0 spiro atoms. The second-order valence-corrected chi connectivity index (χ2v) is 3.45. The molecular weight excluding hydrogens is 260 g/mol. The first-order valence-electron chi connectivity index (χ1n) is 4.27. The number of benzene rings is 1. The van der Waals surface area contributed by atoms with Crippen molar-refractivity contribution in [2.45, 2.75) is 6.18 Å². The van der Waals surface area contributed by atoms with Crippen LogP contribution in [0.25, 0.3) is 5.69 Å². The third kappa shape index (κ3) is 2.18. The fourth-order valence-electron chi connectivity index (χ4n) is 1.24. The van der Waals surface area contributed by atoms with Crippen LogP contribution in [0.3, 0.4) is 0 Å². The van der Waals surface area contributed by atoms with Gasteiger partial charge in [0.25, 0.3) is 0 Å². The molecule has 90 valence electrons. The van der Waals surface area contributed by atoms with E-state index in [2.05, 4.69) is 15.5 Å². The van der Waals surface area contributed by atoms with Gasteiger partial charge in [-0.15, -0.1) is 0 Å². The molecule has 2 aromatic rings. The lowest BCUT2D eigenvalue weighted by Crippen LogP contribution is -2.09. The molecule has 0 amide bonds. The van der Waals surface area contributed by atoms with Gasteiger partial charge in [0, 0.05) is 0 Å². The average Bonchev–Trinajstić information content (AvgIpc) is 2.63. The number of nitrogens with zero attached hydrogens (tertiary/aromatic N) is 3. The summed E-state index contributed by atoms with van der Waals surface area (Å²) in [5, 5.41) is 9.01. The first-order valence-corrected chi connectivity index (χ1v) is 4.67. The van der Waals surface area contributed by atoms with Crippen molar-refractivity contribution in [2.75, 3.05) is 0 Å². The van der Waals surface area contributed by atoms with Crippen LogP contribution < -0.4 is 0 Å². The smallest absolute Gasteiger partial charge is 0.210 e. The van der Waals surface area contributed by atoms with E-state index in [0.717, 1.165) is 10.7 Å². The van der Waals surface area contributed by atoms with Gasteiger partial charge in [0.1, 0.15) is 5.82 Å². The van der Waals surface area contributed by atoms with Gasteiger partial charge in [-0.2, -0.15) is 18.4 Å². The maximum Gasteiger partial charge on any atom is 0.419 e. The van der Waals surface area contributed by atoms with E-state index in [4.69, 9.17) is 12.2 Å². The number of nitrogens with one attached hydrogen (secondary N) is 1. The zero-order valence-corrected chi connectivity index (χ0v) is 8.81. The number of tetrazole rings is 1. The Morgan fingerprint density at radius 2 is 2.00 bits per heavy atom. The van der Waals surface area contributed by atoms with Gasteiger partial charge in [0.05, 0.1) is 11.3 Å². The minimum atomic E-state index is -4.77. The van der Waals surface area contributed by atoms with Crippen LogP contribution in [0.1, 0.15) is 5.56 Å². The molecule has 0 aliphatic carbocycles. The summed E-state index contributed by atoms with van der Waals surface area (Å²) in [5.41, 5.74) is -1.36. The highest BCUT2D eigenvalue weighted by atomic mass is 32.1. The van der Waals surface area contributed by atoms with Crippen molar-refractivity contribution in [1.82, 2.24) is 20.2 Å². The van der Waals surface area contributed by atoms with Gasteiger partial charge >= 0.3 is 6.18 Å². The number of hydrogen-bond acceptors (Lipinski definition) is 3. The van der Waals surface area contributed by atoms with Crippen LogP contribution in [0.15, 0.2) is 18.2 Å². The van der Waals surface area contributed by atoms with Gasteiger partial charge in [-0.05, 0) is 30.4 Å². The predicted octanol–water partition coefficient (Wildman–Crippen LogP) is 2.48. The number of alkyl halides is 3. The number of halogens is 4. The first kappa shape index (κ1) is 11.7. The lowest BCUT2D eigenvalue weighted by atomic mass is 10.2. The van der Waals surface area contributed by atoms with E-state index in [1.54, 1.807) is 0 Å². The highest BCUT2D eigenvalue weighted by molar-refractivity contribution is 7.71. The molecule has 4 nitrogen and oxygen atoms in total. The number of aromatic amines is 1. The molecule has 0 atom stereocenters. The van der Waals surface area contributed by atoms with Crippen molar-refractivity contribution in [3.05, 3.63) is 34.4 Å². The van der Waals surface area contributed by atoms with E-state index >= 15 is 0 Å². The van der Waals surface area contributed by atoms with Gasteiger partial charge in [0.2, 0.25) is 4.77 Å². The summed E-state index contributed by atoms with van der Waals surface area (Å²) in [6.45, 7) is 0. The van der Waals surface area contributed by atoms with E-state index in [-0.39, 0.29) is 10.5 Å². The van der Waals surface area contributed by atoms with Crippen LogP contribution in [0.2, 0.25) is 0 Å². The molecule has 0 bridgehead atoms. The van der Waals surface area contributed by atoms with Crippen molar-refractivity contribution >= 4 is 12.2 Å². The predicted molar refractivity (Wildman–Crippen MR) is 51.5 cm³/mol. The minimum Gasteiger partial charge on any atom is -0.210 e. The minimum absolute atomic E-state index is 0.00808. The SMILES string of the molecule is Fc1ccc(-n2[nH]nnc2=S)cc1C(F)(F)F. The monoisotopic (exact) mass is 264 g/mol. The maximum absolute atomic E-state index is 13.0. The Labute approximate surface area is 96.9 Å². The largest absolute Gasteiger partial charge is 0.419 e. The number of aromatic nitrogens is 4. The molecule has 0 saturated heterocycles.